The Bertz CT molecular complexity index is 399. The fourth-order valence-electron chi connectivity index (χ4n) is 3.87. The summed E-state index contributed by atoms with van der Waals surface area (Å²) in [6.07, 6.45) is 9.79. The molecule has 0 aliphatic carbocycles. The molecule has 2 aliphatic rings. The van der Waals surface area contributed by atoms with Gasteiger partial charge < -0.3 is 15.4 Å². The zero-order valence-electron chi connectivity index (χ0n) is 16.5. The molecule has 0 spiro atoms. The van der Waals surface area contributed by atoms with Gasteiger partial charge in [-0.2, -0.15) is 11.8 Å². The molecule has 2 fully saturated rings. The Labute approximate surface area is 158 Å². The first kappa shape index (κ1) is 20.8. The summed E-state index contributed by atoms with van der Waals surface area (Å²) in [6.45, 7) is 11.3. The Morgan fingerprint density at radius 2 is 2.04 bits per heavy atom. The van der Waals surface area contributed by atoms with Crippen LogP contribution in [0.4, 0.5) is 0 Å². The summed E-state index contributed by atoms with van der Waals surface area (Å²) < 4.78 is 5.79. The fourth-order valence-corrected chi connectivity index (χ4v) is 4.64. The normalized spacial score (nSPS) is 24.9. The van der Waals surface area contributed by atoms with E-state index in [4.69, 9.17) is 9.73 Å². The van der Waals surface area contributed by atoms with Crippen LogP contribution >= 0.6 is 11.8 Å². The molecule has 0 bridgehead atoms. The first-order chi connectivity index (χ1) is 12.2. The first-order valence-electron chi connectivity index (χ1n) is 10.1. The van der Waals surface area contributed by atoms with Crippen LogP contribution in [0.2, 0.25) is 0 Å². The molecule has 2 saturated heterocycles. The van der Waals surface area contributed by atoms with Crippen LogP contribution in [0.5, 0.6) is 0 Å². The second-order valence-corrected chi connectivity index (χ2v) is 8.49. The van der Waals surface area contributed by atoms with Gasteiger partial charge in [-0.05, 0) is 51.8 Å². The van der Waals surface area contributed by atoms with E-state index >= 15 is 0 Å². The van der Waals surface area contributed by atoms with Crippen molar-refractivity contribution >= 4 is 17.7 Å². The largest absolute Gasteiger partial charge is 0.381 e. The molecule has 0 aromatic heterocycles. The number of aliphatic imine (C=N–C) groups is 1. The summed E-state index contributed by atoms with van der Waals surface area (Å²) in [5.74, 6) is 0.965. The molecule has 0 amide bonds. The molecule has 0 radical (unpaired) electrons. The van der Waals surface area contributed by atoms with Gasteiger partial charge in [-0.15, -0.1) is 0 Å². The van der Waals surface area contributed by atoms with Crippen LogP contribution in [0.3, 0.4) is 0 Å². The Hall–Kier alpha value is -0.460. The van der Waals surface area contributed by atoms with Crippen LogP contribution in [-0.2, 0) is 4.74 Å². The summed E-state index contributed by atoms with van der Waals surface area (Å²) in [4.78, 5) is 7.56. The van der Waals surface area contributed by atoms with Gasteiger partial charge in [-0.3, -0.25) is 9.89 Å². The van der Waals surface area contributed by atoms with Crippen molar-refractivity contribution in [2.45, 2.75) is 63.2 Å². The van der Waals surface area contributed by atoms with E-state index in [1.807, 2.05) is 11.8 Å². The van der Waals surface area contributed by atoms with Gasteiger partial charge in [0.1, 0.15) is 0 Å². The molecule has 2 heterocycles. The van der Waals surface area contributed by atoms with Crippen LogP contribution in [0.25, 0.3) is 0 Å². The van der Waals surface area contributed by atoms with Crippen LogP contribution in [0.15, 0.2) is 4.99 Å². The van der Waals surface area contributed by atoms with Crippen LogP contribution in [-0.4, -0.2) is 73.8 Å². The third-order valence-corrected chi connectivity index (χ3v) is 7.02. The third kappa shape index (κ3) is 6.65. The summed E-state index contributed by atoms with van der Waals surface area (Å²) in [7, 11) is 0. The van der Waals surface area contributed by atoms with E-state index in [1.54, 1.807) is 0 Å². The van der Waals surface area contributed by atoms with Gasteiger partial charge >= 0.3 is 0 Å². The molecule has 6 heteroatoms. The van der Waals surface area contributed by atoms with Crippen molar-refractivity contribution in [1.29, 1.82) is 0 Å². The van der Waals surface area contributed by atoms with Crippen molar-refractivity contribution in [3.8, 4) is 0 Å². The molecule has 5 nitrogen and oxygen atoms in total. The highest BCUT2D eigenvalue weighted by atomic mass is 32.2. The maximum Gasteiger partial charge on any atom is 0.191 e. The number of nitrogens with one attached hydrogen (secondary N) is 2. The Kier molecular flexibility index (Phi) is 9.42. The Morgan fingerprint density at radius 3 is 2.72 bits per heavy atom. The molecule has 1 atom stereocenters. The number of nitrogens with zero attached hydrogens (tertiary/aromatic N) is 2. The minimum absolute atomic E-state index is 0.251. The van der Waals surface area contributed by atoms with Gasteiger partial charge in [0.05, 0.1) is 6.54 Å². The average Bonchev–Trinajstić information content (AvgIpc) is 2.67. The van der Waals surface area contributed by atoms with Crippen molar-refractivity contribution in [2.24, 2.45) is 4.99 Å². The summed E-state index contributed by atoms with van der Waals surface area (Å²) in [5, 5.41) is 6.96. The monoisotopic (exact) mass is 370 g/mol. The molecular weight excluding hydrogens is 332 g/mol. The number of likely N-dealkylation sites (tertiary alicyclic amines) is 1. The maximum absolute atomic E-state index is 5.54. The number of ether oxygens (including phenoxy) is 1. The maximum atomic E-state index is 5.54. The van der Waals surface area contributed by atoms with E-state index in [0.717, 1.165) is 64.2 Å². The summed E-state index contributed by atoms with van der Waals surface area (Å²) >= 11 is 1.95. The summed E-state index contributed by atoms with van der Waals surface area (Å²) in [5.41, 5.74) is 0. The Balaban J connectivity index is 1.82. The number of hydrogen-bond donors (Lipinski definition) is 2. The van der Waals surface area contributed by atoms with E-state index in [-0.39, 0.29) is 4.75 Å². The highest BCUT2D eigenvalue weighted by molar-refractivity contribution is 8.00. The predicted molar refractivity (Wildman–Crippen MR) is 110 cm³/mol. The Morgan fingerprint density at radius 1 is 1.24 bits per heavy atom. The van der Waals surface area contributed by atoms with E-state index in [9.17, 15) is 0 Å². The molecule has 146 valence electrons. The van der Waals surface area contributed by atoms with Crippen LogP contribution in [0.1, 0.15) is 52.4 Å². The van der Waals surface area contributed by atoms with Gasteiger partial charge in [-0.1, -0.05) is 13.3 Å². The SMILES string of the molecule is CCNC(=NCC1(SC)CCOCC1)NCCN1CCCCC1CC. The minimum Gasteiger partial charge on any atom is -0.381 e. The van der Waals surface area contributed by atoms with Crippen LogP contribution < -0.4 is 10.6 Å². The number of piperidine rings is 1. The molecule has 0 aromatic rings. The second-order valence-electron chi connectivity index (χ2n) is 7.22. The number of rotatable bonds is 8. The quantitative estimate of drug-likeness (QED) is 0.508. The van der Waals surface area contributed by atoms with Crippen molar-refractivity contribution < 1.29 is 4.74 Å². The lowest BCUT2D eigenvalue weighted by Crippen LogP contribution is -2.46. The van der Waals surface area contributed by atoms with Crippen molar-refractivity contribution in [2.75, 3.05) is 52.2 Å². The standard InChI is InChI=1S/C19H38N4OS/c1-4-17-8-6-7-12-23(17)13-11-21-18(20-5-2)22-16-19(25-3)9-14-24-15-10-19/h17H,4-16H2,1-3H3,(H2,20,21,22). The molecule has 2 aliphatic heterocycles. The van der Waals surface area contributed by atoms with Gasteiger partial charge in [-0.25, -0.2) is 0 Å². The molecule has 2 N–H and O–H groups in total. The van der Waals surface area contributed by atoms with Gasteiger partial charge in [0.25, 0.3) is 0 Å². The molecule has 25 heavy (non-hydrogen) atoms. The van der Waals surface area contributed by atoms with Crippen molar-refractivity contribution in [3.05, 3.63) is 0 Å². The number of thioether (sulfide) groups is 1. The van der Waals surface area contributed by atoms with E-state index < -0.39 is 0 Å². The van der Waals surface area contributed by atoms with Crippen molar-refractivity contribution in [3.63, 3.8) is 0 Å². The molecular formula is C19H38N4OS. The zero-order valence-corrected chi connectivity index (χ0v) is 17.3. The van der Waals surface area contributed by atoms with Gasteiger partial charge in [0, 0.05) is 43.6 Å². The van der Waals surface area contributed by atoms with E-state index in [1.165, 1.54) is 32.2 Å². The molecule has 0 saturated carbocycles. The number of hydrogen-bond acceptors (Lipinski definition) is 4. The lowest BCUT2D eigenvalue weighted by molar-refractivity contribution is 0.0794. The minimum atomic E-state index is 0.251. The molecule has 2 rings (SSSR count). The zero-order chi connectivity index (χ0) is 18.0. The lowest BCUT2D eigenvalue weighted by atomic mass is 9.99. The predicted octanol–water partition coefficient (Wildman–Crippen LogP) is 2.72. The highest BCUT2D eigenvalue weighted by Gasteiger charge is 2.31. The molecule has 1 unspecified atom stereocenters. The number of guanidine groups is 1. The van der Waals surface area contributed by atoms with E-state index in [0.29, 0.717) is 0 Å². The first-order valence-corrected chi connectivity index (χ1v) is 11.3. The van der Waals surface area contributed by atoms with Gasteiger partial charge in [0.2, 0.25) is 0 Å². The fraction of sp³-hybridized carbons (Fsp3) is 0.947. The van der Waals surface area contributed by atoms with Crippen molar-refractivity contribution in [1.82, 2.24) is 15.5 Å². The second kappa shape index (κ2) is 11.3. The lowest BCUT2D eigenvalue weighted by Gasteiger charge is -2.35. The molecule has 0 aromatic carbocycles. The topological polar surface area (TPSA) is 48.9 Å². The third-order valence-electron chi connectivity index (χ3n) is 5.62. The highest BCUT2D eigenvalue weighted by Crippen LogP contribution is 2.33. The van der Waals surface area contributed by atoms with E-state index in [2.05, 4.69) is 35.6 Å². The van der Waals surface area contributed by atoms with Gasteiger partial charge in [0.15, 0.2) is 5.96 Å². The average molecular weight is 371 g/mol. The van der Waals surface area contributed by atoms with Crippen LogP contribution in [0, 0.1) is 0 Å². The summed E-state index contributed by atoms with van der Waals surface area (Å²) in [6, 6.07) is 0.775. The smallest absolute Gasteiger partial charge is 0.191 e.